The van der Waals surface area contributed by atoms with Crippen LogP contribution >= 0.6 is 23.6 Å². The van der Waals surface area contributed by atoms with E-state index in [0.29, 0.717) is 10.3 Å². The average molecular weight is 284 g/mol. The molecule has 0 saturated carbocycles. The molecule has 0 fully saturated rings. The minimum absolute atomic E-state index is 0.512. The fourth-order valence-electron chi connectivity index (χ4n) is 1.82. The summed E-state index contributed by atoms with van der Waals surface area (Å²) in [7, 11) is 0. The van der Waals surface area contributed by atoms with Gasteiger partial charge in [-0.3, -0.25) is 9.67 Å². The molecule has 0 bridgehead atoms. The van der Waals surface area contributed by atoms with Crippen molar-refractivity contribution >= 4 is 23.6 Å². The molecule has 0 radical (unpaired) electrons. The topological polar surface area (TPSA) is 57.4 Å². The van der Waals surface area contributed by atoms with E-state index in [2.05, 4.69) is 16.3 Å². The second-order valence-corrected chi connectivity index (χ2v) is 5.16. The molecule has 92 valence electrons. The lowest BCUT2D eigenvalue weighted by Crippen LogP contribution is -1.97. The fourth-order valence-corrected chi connectivity index (χ4v) is 2.76. The highest BCUT2D eigenvalue weighted by atomic mass is 32.1. The van der Waals surface area contributed by atoms with E-state index in [9.17, 15) is 0 Å². The second-order valence-electron chi connectivity index (χ2n) is 3.83. The van der Waals surface area contributed by atoms with Crippen LogP contribution in [0, 0.1) is 16.1 Å². The molecule has 2 heterocycles. The highest BCUT2D eigenvalue weighted by molar-refractivity contribution is 7.71. The number of nitrogens with one attached hydrogen (secondary N) is 1. The van der Waals surface area contributed by atoms with Gasteiger partial charge in [0.1, 0.15) is 0 Å². The van der Waals surface area contributed by atoms with Gasteiger partial charge in [0.05, 0.1) is 22.2 Å². The molecule has 1 aromatic carbocycles. The number of hydrogen-bond donors (Lipinski definition) is 1. The number of aromatic nitrogens is 3. The monoisotopic (exact) mass is 284 g/mol. The minimum Gasteiger partial charge on any atom is -0.267 e. The summed E-state index contributed by atoms with van der Waals surface area (Å²) in [5.41, 5.74) is 1.43. The van der Waals surface area contributed by atoms with Crippen molar-refractivity contribution in [3.05, 3.63) is 52.1 Å². The molecular formula is C13H8N4S2. The highest BCUT2D eigenvalue weighted by Crippen LogP contribution is 2.25. The number of nitrogens with zero attached hydrogens (tertiary/aromatic N) is 3. The van der Waals surface area contributed by atoms with E-state index < -0.39 is 0 Å². The van der Waals surface area contributed by atoms with E-state index in [1.165, 1.54) is 0 Å². The second kappa shape index (κ2) is 4.80. The Morgan fingerprint density at radius 2 is 2.21 bits per heavy atom. The van der Waals surface area contributed by atoms with Crippen molar-refractivity contribution < 1.29 is 0 Å². The molecule has 0 amide bonds. The Morgan fingerprint density at radius 3 is 2.95 bits per heavy atom. The van der Waals surface area contributed by atoms with Crippen molar-refractivity contribution in [3.8, 4) is 22.5 Å². The molecule has 4 nitrogen and oxygen atoms in total. The van der Waals surface area contributed by atoms with Crippen LogP contribution in [-0.4, -0.2) is 14.8 Å². The molecule has 0 atom stereocenters. The summed E-state index contributed by atoms with van der Waals surface area (Å²) in [5.74, 6) is 0.759. The molecule has 3 rings (SSSR count). The van der Waals surface area contributed by atoms with Gasteiger partial charge in [0.25, 0.3) is 0 Å². The summed E-state index contributed by atoms with van der Waals surface area (Å²) >= 11 is 6.87. The predicted molar refractivity (Wildman–Crippen MR) is 76.8 cm³/mol. The molecule has 1 N–H and O–H groups in total. The molecule has 0 spiro atoms. The normalized spacial score (nSPS) is 10.3. The predicted octanol–water partition coefficient (Wildman–Crippen LogP) is 3.53. The largest absolute Gasteiger partial charge is 0.267 e. The van der Waals surface area contributed by atoms with Gasteiger partial charge < -0.3 is 0 Å². The van der Waals surface area contributed by atoms with Crippen molar-refractivity contribution in [1.82, 2.24) is 14.8 Å². The molecular weight excluding hydrogens is 276 g/mol. The standard InChI is InChI=1S/C13H8N4S2/c14-8-9-3-1-4-10(7-9)17-12(15-16-13(17)18)11-5-2-6-19-11/h1-7H,(H,16,18). The molecule has 0 saturated heterocycles. The maximum absolute atomic E-state index is 8.98. The third-order valence-electron chi connectivity index (χ3n) is 2.65. The number of rotatable bonds is 2. The Hall–Kier alpha value is -2.23. The molecule has 2 aromatic heterocycles. The fraction of sp³-hybridized carbons (Fsp3) is 0. The van der Waals surface area contributed by atoms with Gasteiger partial charge in [-0.25, -0.2) is 0 Å². The third kappa shape index (κ3) is 2.10. The third-order valence-corrected chi connectivity index (χ3v) is 3.79. The molecule has 0 unspecified atom stereocenters. The summed E-state index contributed by atoms with van der Waals surface area (Å²) in [6.45, 7) is 0. The van der Waals surface area contributed by atoms with Gasteiger partial charge in [-0.2, -0.15) is 10.4 Å². The molecule has 0 aliphatic carbocycles. The van der Waals surface area contributed by atoms with E-state index in [4.69, 9.17) is 17.5 Å². The zero-order chi connectivity index (χ0) is 13.2. The van der Waals surface area contributed by atoms with Gasteiger partial charge in [-0.05, 0) is 41.9 Å². The van der Waals surface area contributed by atoms with Crippen molar-refractivity contribution in [1.29, 1.82) is 5.26 Å². The summed E-state index contributed by atoms with van der Waals surface area (Å²) in [6.07, 6.45) is 0. The lowest BCUT2D eigenvalue weighted by Gasteiger charge is -2.05. The lowest BCUT2D eigenvalue weighted by atomic mass is 10.2. The molecule has 6 heteroatoms. The molecule has 3 aromatic rings. The van der Waals surface area contributed by atoms with Gasteiger partial charge in [-0.1, -0.05) is 12.1 Å². The smallest absolute Gasteiger partial charge is 0.200 e. The maximum Gasteiger partial charge on any atom is 0.200 e. The summed E-state index contributed by atoms with van der Waals surface area (Å²) < 4.78 is 2.35. The van der Waals surface area contributed by atoms with E-state index in [-0.39, 0.29) is 0 Å². The Bertz CT molecular complexity index is 806. The van der Waals surface area contributed by atoms with Crippen molar-refractivity contribution in [2.24, 2.45) is 0 Å². The Morgan fingerprint density at radius 1 is 1.32 bits per heavy atom. The van der Waals surface area contributed by atoms with Crippen molar-refractivity contribution in [3.63, 3.8) is 0 Å². The van der Waals surface area contributed by atoms with Gasteiger partial charge in [0.15, 0.2) is 10.6 Å². The number of aromatic amines is 1. The Balaban J connectivity index is 2.23. The van der Waals surface area contributed by atoms with Gasteiger partial charge in [0, 0.05) is 0 Å². The number of thiophene rings is 1. The van der Waals surface area contributed by atoms with E-state index in [1.807, 2.05) is 34.2 Å². The van der Waals surface area contributed by atoms with Crippen molar-refractivity contribution in [2.75, 3.05) is 0 Å². The number of nitriles is 1. The quantitative estimate of drug-likeness (QED) is 0.732. The van der Waals surface area contributed by atoms with Gasteiger partial charge in [0.2, 0.25) is 0 Å². The van der Waals surface area contributed by atoms with Gasteiger partial charge >= 0.3 is 0 Å². The SMILES string of the molecule is N#Cc1cccc(-n2c(-c3cccs3)n[nH]c2=S)c1. The first-order valence-corrected chi connectivity index (χ1v) is 6.80. The zero-order valence-electron chi connectivity index (χ0n) is 9.70. The van der Waals surface area contributed by atoms with Crippen LogP contribution in [-0.2, 0) is 0 Å². The van der Waals surface area contributed by atoms with Crippen LogP contribution in [0.3, 0.4) is 0 Å². The number of benzene rings is 1. The average Bonchev–Trinajstić information content (AvgIpc) is 3.07. The van der Waals surface area contributed by atoms with Crippen LogP contribution in [0.1, 0.15) is 5.56 Å². The molecule has 0 aliphatic rings. The first-order chi connectivity index (χ1) is 9.29. The van der Waals surface area contributed by atoms with Crippen LogP contribution in [0.2, 0.25) is 0 Å². The van der Waals surface area contributed by atoms with Crippen LogP contribution < -0.4 is 0 Å². The number of H-pyrrole nitrogens is 1. The van der Waals surface area contributed by atoms with Crippen LogP contribution in [0.4, 0.5) is 0 Å². The Kier molecular flexibility index (Phi) is 2.99. The molecule has 0 aliphatic heterocycles. The first-order valence-electron chi connectivity index (χ1n) is 5.51. The van der Waals surface area contributed by atoms with E-state index in [0.717, 1.165) is 16.4 Å². The highest BCUT2D eigenvalue weighted by Gasteiger charge is 2.11. The first kappa shape index (κ1) is 11.8. The summed E-state index contributed by atoms with van der Waals surface area (Å²) in [4.78, 5) is 1.02. The van der Waals surface area contributed by atoms with Crippen LogP contribution in [0.25, 0.3) is 16.4 Å². The van der Waals surface area contributed by atoms with E-state index >= 15 is 0 Å². The van der Waals surface area contributed by atoms with Crippen molar-refractivity contribution in [2.45, 2.75) is 0 Å². The zero-order valence-corrected chi connectivity index (χ0v) is 11.3. The Labute approximate surface area is 118 Å². The summed E-state index contributed by atoms with van der Waals surface area (Å²) in [5, 5.41) is 18.0. The summed E-state index contributed by atoms with van der Waals surface area (Å²) in [6, 6.07) is 13.4. The minimum atomic E-state index is 0.512. The van der Waals surface area contributed by atoms with Gasteiger partial charge in [-0.15, -0.1) is 11.3 Å². The number of hydrogen-bond acceptors (Lipinski definition) is 4. The lowest BCUT2D eigenvalue weighted by molar-refractivity contribution is 1.04. The van der Waals surface area contributed by atoms with E-state index in [1.54, 1.807) is 23.5 Å². The maximum atomic E-state index is 8.98. The molecule has 19 heavy (non-hydrogen) atoms. The van der Waals surface area contributed by atoms with Crippen LogP contribution in [0.15, 0.2) is 41.8 Å². The van der Waals surface area contributed by atoms with Crippen LogP contribution in [0.5, 0.6) is 0 Å².